The number of aromatic amines is 2. The predicted octanol–water partition coefficient (Wildman–Crippen LogP) is 0.789. The number of aromatic nitrogens is 3. The number of thiazole rings is 1. The minimum Gasteiger partial charge on any atom is -0.356 e. The molecule has 2 aromatic heterocycles. The molecule has 27 heavy (non-hydrogen) atoms. The maximum absolute atomic E-state index is 12.1. The highest BCUT2D eigenvalue weighted by Gasteiger charge is 2.20. The van der Waals surface area contributed by atoms with Crippen molar-refractivity contribution in [3.63, 3.8) is 0 Å². The normalized spacial score (nSPS) is 15.7. The van der Waals surface area contributed by atoms with Crippen molar-refractivity contribution in [3.05, 3.63) is 48.7 Å². The number of piperidine rings is 1. The number of nitrogens with zero attached hydrogens (tertiary/aromatic N) is 2. The Morgan fingerprint density at radius 3 is 2.78 bits per heavy atom. The molecular formula is C18H25N5O3S. The van der Waals surface area contributed by atoms with Gasteiger partial charge in [0.1, 0.15) is 0 Å². The highest BCUT2D eigenvalue weighted by molar-refractivity contribution is 7.09. The largest absolute Gasteiger partial charge is 0.356 e. The SMILES string of the molecule is Cc1ncsc1CCC(=O)NCC1CCN(Cc2cc(=O)[nH]c(=O)[nH]2)CC1. The second kappa shape index (κ2) is 9.09. The van der Waals surface area contributed by atoms with E-state index in [1.54, 1.807) is 11.3 Å². The number of carbonyl (C=O) groups excluding carboxylic acids is 1. The quantitative estimate of drug-likeness (QED) is 0.646. The molecule has 0 unspecified atom stereocenters. The van der Waals surface area contributed by atoms with E-state index >= 15 is 0 Å². The second-order valence-corrected chi connectivity index (χ2v) is 7.94. The molecule has 0 spiro atoms. The molecule has 9 heteroatoms. The molecule has 3 heterocycles. The smallest absolute Gasteiger partial charge is 0.325 e. The van der Waals surface area contributed by atoms with Gasteiger partial charge in [-0.1, -0.05) is 0 Å². The number of carbonyl (C=O) groups is 1. The highest BCUT2D eigenvalue weighted by atomic mass is 32.1. The summed E-state index contributed by atoms with van der Waals surface area (Å²) in [6.45, 7) is 5.01. The van der Waals surface area contributed by atoms with Gasteiger partial charge in [-0.05, 0) is 45.2 Å². The Hall–Kier alpha value is -2.26. The van der Waals surface area contributed by atoms with E-state index < -0.39 is 5.69 Å². The van der Waals surface area contributed by atoms with E-state index in [4.69, 9.17) is 0 Å². The van der Waals surface area contributed by atoms with Crippen molar-refractivity contribution in [2.45, 2.75) is 39.2 Å². The van der Waals surface area contributed by atoms with Crippen molar-refractivity contribution in [2.75, 3.05) is 19.6 Å². The number of H-pyrrole nitrogens is 2. The van der Waals surface area contributed by atoms with E-state index in [1.165, 1.54) is 10.9 Å². The van der Waals surface area contributed by atoms with Crippen LogP contribution in [0, 0.1) is 12.8 Å². The topological polar surface area (TPSA) is 111 Å². The van der Waals surface area contributed by atoms with Crippen LogP contribution in [-0.2, 0) is 17.8 Å². The molecule has 0 aromatic carbocycles. The van der Waals surface area contributed by atoms with Gasteiger partial charge in [0.05, 0.1) is 11.2 Å². The van der Waals surface area contributed by atoms with Gasteiger partial charge in [0.15, 0.2) is 0 Å². The lowest BCUT2D eigenvalue weighted by atomic mass is 9.96. The molecule has 0 saturated carbocycles. The fourth-order valence-electron chi connectivity index (χ4n) is 3.33. The van der Waals surface area contributed by atoms with Crippen LogP contribution in [0.5, 0.6) is 0 Å². The molecule has 1 aliphatic heterocycles. The van der Waals surface area contributed by atoms with Crippen molar-refractivity contribution in [3.8, 4) is 0 Å². The third kappa shape index (κ3) is 5.86. The Morgan fingerprint density at radius 1 is 1.33 bits per heavy atom. The molecule has 0 bridgehead atoms. The number of rotatable bonds is 7. The summed E-state index contributed by atoms with van der Waals surface area (Å²) < 4.78 is 0. The molecule has 1 aliphatic rings. The summed E-state index contributed by atoms with van der Waals surface area (Å²) in [5.41, 5.74) is 2.62. The number of amides is 1. The molecule has 146 valence electrons. The average molecular weight is 391 g/mol. The van der Waals surface area contributed by atoms with Gasteiger partial charge < -0.3 is 10.3 Å². The first-order valence-corrected chi connectivity index (χ1v) is 10.1. The number of hydrogen-bond acceptors (Lipinski definition) is 6. The molecule has 3 rings (SSSR count). The van der Waals surface area contributed by atoms with E-state index in [9.17, 15) is 14.4 Å². The van der Waals surface area contributed by atoms with Gasteiger partial charge in [-0.3, -0.25) is 19.5 Å². The molecule has 2 aromatic rings. The Morgan fingerprint density at radius 2 is 2.11 bits per heavy atom. The minimum atomic E-state index is -0.469. The van der Waals surface area contributed by atoms with E-state index in [1.807, 2.05) is 12.4 Å². The van der Waals surface area contributed by atoms with E-state index in [0.29, 0.717) is 31.1 Å². The minimum absolute atomic E-state index is 0.0892. The van der Waals surface area contributed by atoms with Crippen LogP contribution in [0.3, 0.4) is 0 Å². The van der Waals surface area contributed by atoms with Crippen LogP contribution in [0.4, 0.5) is 0 Å². The number of likely N-dealkylation sites (tertiary alicyclic amines) is 1. The maximum atomic E-state index is 12.1. The van der Waals surface area contributed by atoms with Gasteiger partial charge >= 0.3 is 5.69 Å². The molecule has 1 saturated heterocycles. The molecule has 0 atom stereocenters. The van der Waals surface area contributed by atoms with Gasteiger partial charge in [-0.15, -0.1) is 11.3 Å². The van der Waals surface area contributed by atoms with Gasteiger partial charge in [0, 0.05) is 36.1 Å². The van der Waals surface area contributed by atoms with Crippen LogP contribution >= 0.6 is 11.3 Å². The molecule has 3 N–H and O–H groups in total. The average Bonchev–Trinajstić information content (AvgIpc) is 3.03. The zero-order valence-electron chi connectivity index (χ0n) is 15.4. The zero-order chi connectivity index (χ0) is 19.2. The second-order valence-electron chi connectivity index (χ2n) is 7.00. The van der Waals surface area contributed by atoms with Gasteiger partial charge in [0.25, 0.3) is 5.56 Å². The lowest BCUT2D eigenvalue weighted by Crippen LogP contribution is -2.39. The Balaban J connectivity index is 1.36. The van der Waals surface area contributed by atoms with Crippen molar-refractivity contribution < 1.29 is 4.79 Å². The first-order valence-electron chi connectivity index (χ1n) is 9.20. The molecular weight excluding hydrogens is 366 g/mol. The third-order valence-electron chi connectivity index (χ3n) is 4.93. The summed E-state index contributed by atoms with van der Waals surface area (Å²) in [5, 5.41) is 3.05. The summed E-state index contributed by atoms with van der Waals surface area (Å²) >= 11 is 1.60. The Bertz CT molecular complexity index is 851. The Labute approximate surface area is 161 Å². The van der Waals surface area contributed by atoms with Crippen molar-refractivity contribution in [1.29, 1.82) is 0 Å². The van der Waals surface area contributed by atoms with E-state index in [0.717, 1.165) is 38.0 Å². The molecule has 8 nitrogen and oxygen atoms in total. The first kappa shape index (κ1) is 19.5. The maximum Gasteiger partial charge on any atom is 0.325 e. The number of hydrogen-bond donors (Lipinski definition) is 3. The lowest BCUT2D eigenvalue weighted by molar-refractivity contribution is -0.121. The molecule has 0 aliphatic carbocycles. The van der Waals surface area contributed by atoms with Crippen molar-refractivity contribution in [2.24, 2.45) is 5.92 Å². The van der Waals surface area contributed by atoms with Crippen LogP contribution in [0.1, 0.15) is 35.5 Å². The highest BCUT2D eigenvalue weighted by Crippen LogP contribution is 2.18. The Kier molecular flexibility index (Phi) is 6.57. The molecule has 1 fully saturated rings. The van der Waals surface area contributed by atoms with Crippen molar-refractivity contribution in [1.82, 2.24) is 25.2 Å². The van der Waals surface area contributed by atoms with Crippen LogP contribution in [0.25, 0.3) is 0 Å². The number of nitrogens with one attached hydrogen (secondary N) is 3. The molecule has 1 amide bonds. The predicted molar refractivity (Wildman–Crippen MR) is 104 cm³/mol. The standard InChI is InChI=1S/C18H25N5O3S/c1-12-15(27-11-20-12)2-3-16(24)19-9-13-4-6-23(7-5-13)10-14-8-17(25)22-18(26)21-14/h8,11,13H,2-7,9-10H2,1H3,(H,19,24)(H2,21,22,25,26). The van der Waals surface area contributed by atoms with Crippen LogP contribution in [0.2, 0.25) is 0 Å². The van der Waals surface area contributed by atoms with Crippen LogP contribution in [0.15, 0.2) is 21.2 Å². The summed E-state index contributed by atoms with van der Waals surface area (Å²) in [4.78, 5) is 47.2. The lowest BCUT2D eigenvalue weighted by Gasteiger charge is -2.31. The third-order valence-corrected chi connectivity index (χ3v) is 5.92. The van der Waals surface area contributed by atoms with Crippen molar-refractivity contribution >= 4 is 17.2 Å². The first-order chi connectivity index (χ1) is 13.0. The van der Waals surface area contributed by atoms with Gasteiger partial charge in [-0.25, -0.2) is 9.78 Å². The van der Waals surface area contributed by atoms with Gasteiger partial charge in [0.2, 0.25) is 5.91 Å². The summed E-state index contributed by atoms with van der Waals surface area (Å²) in [5.74, 6) is 0.555. The van der Waals surface area contributed by atoms with Crippen LogP contribution in [-0.4, -0.2) is 45.4 Å². The molecule has 0 radical (unpaired) electrons. The fourth-order valence-corrected chi connectivity index (χ4v) is 4.12. The fraction of sp³-hybridized carbons (Fsp3) is 0.556. The number of aryl methyl sites for hydroxylation is 2. The van der Waals surface area contributed by atoms with Gasteiger partial charge in [-0.2, -0.15) is 0 Å². The summed E-state index contributed by atoms with van der Waals surface area (Å²) in [6.07, 6.45) is 3.22. The zero-order valence-corrected chi connectivity index (χ0v) is 16.2. The summed E-state index contributed by atoms with van der Waals surface area (Å²) in [7, 11) is 0. The monoisotopic (exact) mass is 391 g/mol. The van der Waals surface area contributed by atoms with E-state index in [-0.39, 0.29) is 11.5 Å². The summed E-state index contributed by atoms with van der Waals surface area (Å²) in [6, 6.07) is 1.43. The van der Waals surface area contributed by atoms with Crippen LogP contribution < -0.4 is 16.6 Å². The van der Waals surface area contributed by atoms with E-state index in [2.05, 4.69) is 25.2 Å².